The van der Waals surface area contributed by atoms with E-state index in [0.717, 1.165) is 29.5 Å². The van der Waals surface area contributed by atoms with E-state index in [1.807, 2.05) is 18.2 Å². The van der Waals surface area contributed by atoms with Gasteiger partial charge in [0.05, 0.1) is 22.1 Å². The quantitative estimate of drug-likeness (QED) is 0.582. The molecule has 140 valence electrons. The lowest BCUT2D eigenvalue weighted by Crippen LogP contribution is -2.21. The number of carbonyl (C=O) groups is 1. The summed E-state index contributed by atoms with van der Waals surface area (Å²) in [5.41, 5.74) is 3.73. The molecule has 0 aliphatic carbocycles. The first-order chi connectivity index (χ1) is 13.7. The summed E-state index contributed by atoms with van der Waals surface area (Å²) in [6.07, 6.45) is 3.17. The Hall–Kier alpha value is -3.47. The summed E-state index contributed by atoms with van der Waals surface area (Å²) in [6.45, 7) is 6.20. The Morgan fingerprint density at radius 1 is 1.04 bits per heavy atom. The Kier molecular flexibility index (Phi) is 4.89. The number of aromatic nitrogens is 2. The van der Waals surface area contributed by atoms with Crippen molar-refractivity contribution in [3.8, 4) is 0 Å². The number of nitrogens with one attached hydrogen (secondary N) is 1. The Balaban J connectivity index is 1.89. The van der Waals surface area contributed by atoms with Crippen molar-refractivity contribution in [3.63, 3.8) is 0 Å². The molecule has 4 rings (SSSR count). The summed E-state index contributed by atoms with van der Waals surface area (Å²) < 4.78 is 0. The number of amides is 1. The molecule has 0 aliphatic rings. The van der Waals surface area contributed by atoms with E-state index in [1.165, 1.54) is 17.3 Å². The molecule has 2 heterocycles. The maximum absolute atomic E-state index is 12.4. The fourth-order valence-corrected chi connectivity index (χ4v) is 3.54. The van der Waals surface area contributed by atoms with E-state index < -0.39 is 0 Å². The number of hydrogen-bond donors (Lipinski definition) is 1. The maximum Gasteiger partial charge on any atom is 0.279 e. The van der Waals surface area contributed by atoms with Crippen molar-refractivity contribution >= 4 is 33.4 Å². The molecule has 0 saturated carbocycles. The minimum Gasteiger partial charge on any atom is -0.370 e. The average Bonchev–Trinajstić information content (AvgIpc) is 2.95. The van der Waals surface area contributed by atoms with Gasteiger partial charge < -0.3 is 9.88 Å². The Morgan fingerprint density at radius 2 is 1.82 bits per heavy atom. The molecular weight excluding hydrogens is 348 g/mol. The monoisotopic (exact) mass is 370 g/mol. The number of anilines is 1. The van der Waals surface area contributed by atoms with Crippen LogP contribution in [0.3, 0.4) is 0 Å². The van der Waals surface area contributed by atoms with Crippen molar-refractivity contribution < 1.29 is 4.79 Å². The van der Waals surface area contributed by atoms with Gasteiger partial charge in [-0.3, -0.25) is 9.78 Å². The molecule has 0 spiro atoms. The van der Waals surface area contributed by atoms with Crippen molar-refractivity contribution in [3.05, 3.63) is 77.9 Å². The number of para-hydroxylation sites is 1. The van der Waals surface area contributed by atoms with E-state index in [-0.39, 0.29) is 5.91 Å². The van der Waals surface area contributed by atoms with Gasteiger partial charge in [-0.25, -0.2) is 4.99 Å². The van der Waals surface area contributed by atoms with E-state index >= 15 is 0 Å². The zero-order valence-electron chi connectivity index (χ0n) is 16.0. The zero-order chi connectivity index (χ0) is 19.5. The van der Waals surface area contributed by atoms with Gasteiger partial charge in [-0.05, 0) is 44.2 Å². The molecule has 2 aromatic carbocycles. The van der Waals surface area contributed by atoms with Crippen LogP contribution in [-0.4, -0.2) is 29.0 Å². The van der Waals surface area contributed by atoms with Gasteiger partial charge in [0.15, 0.2) is 0 Å². The average molecular weight is 370 g/mol. The molecule has 1 amide bonds. The smallest absolute Gasteiger partial charge is 0.279 e. The topological polar surface area (TPSA) is 61.4 Å². The normalized spacial score (nSPS) is 11.9. The van der Waals surface area contributed by atoms with Crippen LogP contribution in [0.1, 0.15) is 24.2 Å². The fraction of sp³-hybridized carbons (Fsp3) is 0.174. The van der Waals surface area contributed by atoms with E-state index in [4.69, 9.17) is 0 Å². The van der Waals surface area contributed by atoms with Crippen molar-refractivity contribution in [2.24, 2.45) is 4.99 Å². The molecule has 0 atom stereocenters. The second kappa shape index (κ2) is 7.64. The van der Waals surface area contributed by atoms with Crippen LogP contribution in [0, 0.1) is 0 Å². The molecule has 0 unspecified atom stereocenters. The van der Waals surface area contributed by atoms with Crippen LogP contribution in [0.15, 0.2) is 72.0 Å². The van der Waals surface area contributed by atoms with E-state index in [2.05, 4.69) is 58.0 Å². The Labute approximate surface area is 163 Å². The van der Waals surface area contributed by atoms with Crippen molar-refractivity contribution in [1.29, 1.82) is 0 Å². The van der Waals surface area contributed by atoms with E-state index in [0.29, 0.717) is 10.9 Å². The predicted molar refractivity (Wildman–Crippen MR) is 113 cm³/mol. The number of pyridine rings is 1. The van der Waals surface area contributed by atoms with Gasteiger partial charge in [0.25, 0.3) is 5.91 Å². The first-order valence-corrected chi connectivity index (χ1v) is 9.50. The van der Waals surface area contributed by atoms with Gasteiger partial charge in [-0.1, -0.05) is 24.3 Å². The van der Waals surface area contributed by atoms with E-state index in [1.54, 1.807) is 18.3 Å². The summed E-state index contributed by atoms with van der Waals surface area (Å²) in [5.74, 6) is -0.299. The zero-order valence-corrected chi connectivity index (χ0v) is 16.0. The lowest BCUT2D eigenvalue weighted by Gasteiger charge is -2.21. The van der Waals surface area contributed by atoms with Gasteiger partial charge in [0.2, 0.25) is 0 Å². The van der Waals surface area contributed by atoms with Crippen molar-refractivity contribution in [1.82, 2.24) is 9.97 Å². The van der Waals surface area contributed by atoms with Gasteiger partial charge >= 0.3 is 0 Å². The summed E-state index contributed by atoms with van der Waals surface area (Å²) >= 11 is 0. The van der Waals surface area contributed by atoms with Crippen LogP contribution >= 0.6 is 0 Å². The number of rotatable bonds is 4. The SMILES string of the molecule is CCN(CC)c1cccc2c1[nH]c1cc(=NC(=O)c3cccnc3)cccc12. The third-order valence-electron chi connectivity index (χ3n) is 4.95. The molecule has 0 fully saturated rings. The Morgan fingerprint density at radius 3 is 2.57 bits per heavy atom. The molecule has 2 aromatic heterocycles. The summed E-state index contributed by atoms with van der Waals surface area (Å²) in [6, 6.07) is 17.6. The molecule has 1 N–H and O–H groups in total. The van der Waals surface area contributed by atoms with Crippen LogP contribution in [0.2, 0.25) is 0 Å². The minimum atomic E-state index is -0.299. The molecule has 4 aromatic rings. The van der Waals surface area contributed by atoms with Gasteiger partial charge in [-0.2, -0.15) is 0 Å². The highest BCUT2D eigenvalue weighted by molar-refractivity contribution is 6.11. The number of H-pyrrole nitrogens is 1. The van der Waals surface area contributed by atoms with Crippen molar-refractivity contribution in [2.45, 2.75) is 13.8 Å². The van der Waals surface area contributed by atoms with Crippen LogP contribution in [0.4, 0.5) is 5.69 Å². The summed E-state index contributed by atoms with van der Waals surface area (Å²) in [7, 11) is 0. The third-order valence-corrected chi connectivity index (χ3v) is 4.95. The van der Waals surface area contributed by atoms with E-state index in [9.17, 15) is 4.79 Å². The molecule has 28 heavy (non-hydrogen) atoms. The lowest BCUT2D eigenvalue weighted by atomic mass is 10.1. The predicted octanol–water partition coefficient (Wildman–Crippen LogP) is 4.30. The van der Waals surface area contributed by atoms with Crippen LogP contribution in [-0.2, 0) is 0 Å². The number of aromatic amines is 1. The second-order valence-corrected chi connectivity index (χ2v) is 6.58. The number of benzene rings is 1. The molecule has 0 aliphatic heterocycles. The number of nitrogens with zero attached hydrogens (tertiary/aromatic N) is 3. The summed E-state index contributed by atoms with van der Waals surface area (Å²) in [5, 5.41) is 2.89. The summed E-state index contributed by atoms with van der Waals surface area (Å²) in [4.78, 5) is 26.6. The largest absolute Gasteiger partial charge is 0.370 e. The second-order valence-electron chi connectivity index (χ2n) is 6.58. The molecular formula is C23H22N4O. The molecule has 0 radical (unpaired) electrons. The lowest BCUT2D eigenvalue weighted by molar-refractivity contribution is 0.0998. The highest BCUT2D eigenvalue weighted by Gasteiger charge is 2.11. The number of fused-ring (bicyclic) bond motifs is 3. The first-order valence-electron chi connectivity index (χ1n) is 9.50. The van der Waals surface area contributed by atoms with Crippen LogP contribution in [0.5, 0.6) is 0 Å². The highest BCUT2D eigenvalue weighted by atomic mass is 16.1. The number of carbonyl (C=O) groups excluding carboxylic acids is 1. The molecule has 0 saturated heterocycles. The maximum atomic E-state index is 12.4. The standard InChI is InChI=1S/C23H22N4O/c1-3-27(4-2)21-12-6-11-19-18-10-5-9-17(14-20(18)26-22(19)21)25-23(28)16-8-7-13-24-15-16/h5-15,26H,3-4H2,1-2H3. The highest BCUT2D eigenvalue weighted by Crippen LogP contribution is 2.31. The Bertz CT molecular complexity index is 1210. The van der Waals surface area contributed by atoms with Gasteiger partial charge in [-0.15, -0.1) is 0 Å². The van der Waals surface area contributed by atoms with Gasteiger partial charge in [0, 0.05) is 41.8 Å². The van der Waals surface area contributed by atoms with Gasteiger partial charge in [0.1, 0.15) is 0 Å². The molecule has 5 nitrogen and oxygen atoms in total. The van der Waals surface area contributed by atoms with Crippen molar-refractivity contribution in [2.75, 3.05) is 18.0 Å². The third kappa shape index (κ3) is 3.27. The fourth-order valence-electron chi connectivity index (χ4n) is 3.54. The number of hydrogen-bond acceptors (Lipinski definition) is 3. The van der Waals surface area contributed by atoms with Crippen LogP contribution < -0.4 is 10.3 Å². The molecule has 5 heteroatoms. The van der Waals surface area contributed by atoms with Crippen LogP contribution in [0.25, 0.3) is 21.8 Å². The first kappa shape index (κ1) is 17.9. The molecule has 0 bridgehead atoms. The minimum absolute atomic E-state index is 0.299.